The molecule has 1 aromatic carbocycles. The van der Waals surface area contributed by atoms with Gasteiger partial charge in [-0.25, -0.2) is 15.0 Å². The van der Waals surface area contributed by atoms with E-state index in [0.717, 1.165) is 22.6 Å². The predicted octanol–water partition coefficient (Wildman–Crippen LogP) is 2.30. The lowest BCUT2D eigenvalue weighted by Crippen LogP contribution is -2.10. The Balaban J connectivity index is 2.16. The number of nitrogens with zero attached hydrogens (tertiary/aromatic N) is 5. The normalized spacial score (nSPS) is 12.3. The average molecular weight is 385 g/mol. The highest BCUT2D eigenvalue weighted by atomic mass is 32.2. The molecule has 0 radical (unpaired) electrons. The Morgan fingerprint density at radius 1 is 1.08 bits per heavy atom. The molecule has 0 aliphatic rings. The first-order chi connectivity index (χ1) is 12.1. The second kappa shape index (κ2) is 6.14. The number of benzene rings is 1. The lowest BCUT2D eigenvalue weighted by atomic mass is 10.1. The average Bonchev–Trinajstić information content (AvgIpc) is 3.00. The van der Waals surface area contributed by atoms with Crippen LogP contribution >= 0.6 is 0 Å². The third-order valence-corrected chi connectivity index (χ3v) is 4.08. The summed E-state index contributed by atoms with van der Waals surface area (Å²) in [7, 11) is -4.54. The molecule has 1 N–H and O–H groups in total. The second-order valence-corrected chi connectivity index (χ2v) is 6.65. The van der Waals surface area contributed by atoms with E-state index in [4.69, 9.17) is 4.55 Å². The fourth-order valence-electron chi connectivity index (χ4n) is 2.01. The van der Waals surface area contributed by atoms with E-state index in [-0.39, 0.29) is 11.8 Å². The van der Waals surface area contributed by atoms with Crippen molar-refractivity contribution in [1.82, 2.24) is 24.7 Å². The van der Waals surface area contributed by atoms with E-state index < -0.39 is 27.0 Å². The number of aromatic nitrogens is 5. The molecular formula is C14H10F3N5O3S. The Kier molecular flexibility index (Phi) is 4.24. The Hall–Kier alpha value is -2.86. The topological polar surface area (TPSA) is 111 Å². The molecule has 8 nitrogen and oxygen atoms in total. The zero-order valence-electron chi connectivity index (χ0n) is 13.0. The Bertz CT molecular complexity index is 1040. The van der Waals surface area contributed by atoms with E-state index in [1.54, 1.807) is 24.3 Å². The van der Waals surface area contributed by atoms with Crippen LogP contribution in [0.2, 0.25) is 0 Å². The zero-order valence-corrected chi connectivity index (χ0v) is 13.8. The van der Waals surface area contributed by atoms with Gasteiger partial charge in [-0.15, -0.1) is 5.10 Å². The lowest BCUT2D eigenvalue weighted by molar-refractivity contribution is -0.144. The molecule has 0 fully saturated rings. The number of alkyl halides is 3. The Morgan fingerprint density at radius 3 is 2.15 bits per heavy atom. The minimum absolute atomic E-state index is 0.170. The molecule has 0 amide bonds. The second-order valence-electron chi connectivity index (χ2n) is 5.23. The van der Waals surface area contributed by atoms with Gasteiger partial charge in [-0.1, -0.05) is 29.8 Å². The van der Waals surface area contributed by atoms with Crippen LogP contribution in [0, 0.1) is 6.92 Å². The highest BCUT2D eigenvalue weighted by Gasteiger charge is 2.37. The van der Waals surface area contributed by atoms with Crippen molar-refractivity contribution in [3.8, 4) is 17.3 Å². The summed E-state index contributed by atoms with van der Waals surface area (Å²) in [6, 6.07) is 6.49. The summed E-state index contributed by atoms with van der Waals surface area (Å²) in [5, 5.41) is 3.39. The molecule has 3 aromatic rings. The Labute approximate surface area is 145 Å². The van der Waals surface area contributed by atoms with Crippen LogP contribution in [0.4, 0.5) is 13.2 Å². The summed E-state index contributed by atoms with van der Waals surface area (Å²) in [4.78, 5) is 10.2. The molecule has 0 saturated carbocycles. The minimum Gasteiger partial charge on any atom is -0.282 e. The molecule has 26 heavy (non-hydrogen) atoms. The van der Waals surface area contributed by atoms with Crippen molar-refractivity contribution in [2.45, 2.75) is 18.0 Å². The van der Waals surface area contributed by atoms with Crippen LogP contribution in [0.25, 0.3) is 17.3 Å². The number of rotatable bonds is 3. The fourth-order valence-corrected chi connectivity index (χ4v) is 2.38. The van der Waals surface area contributed by atoms with E-state index in [1.807, 2.05) is 6.92 Å². The first-order valence-corrected chi connectivity index (χ1v) is 8.41. The molecule has 12 heteroatoms. The highest BCUT2D eigenvalue weighted by molar-refractivity contribution is 7.85. The summed E-state index contributed by atoms with van der Waals surface area (Å²) in [6.07, 6.45) is -3.28. The molecule has 2 heterocycles. The van der Waals surface area contributed by atoms with Gasteiger partial charge in [0.25, 0.3) is 21.9 Å². The van der Waals surface area contributed by atoms with Crippen molar-refractivity contribution in [3.63, 3.8) is 0 Å². The van der Waals surface area contributed by atoms with Crippen LogP contribution in [0.3, 0.4) is 0 Å². The lowest BCUT2D eigenvalue weighted by Gasteiger charge is -2.05. The number of hydrogen-bond donors (Lipinski definition) is 1. The first-order valence-electron chi connectivity index (χ1n) is 6.97. The van der Waals surface area contributed by atoms with Gasteiger partial charge in [-0.3, -0.25) is 4.55 Å². The third-order valence-electron chi connectivity index (χ3n) is 3.27. The Morgan fingerprint density at radius 2 is 1.65 bits per heavy atom. The number of hydrogen-bond acceptors (Lipinski definition) is 6. The SMILES string of the molecule is Cc1ccc(-c2nc(C(F)(F)F)nn2-c2ncc(S(=O)(=O)O)cn2)cc1. The van der Waals surface area contributed by atoms with Gasteiger partial charge in [0.1, 0.15) is 4.90 Å². The van der Waals surface area contributed by atoms with Crippen molar-refractivity contribution < 1.29 is 26.1 Å². The van der Waals surface area contributed by atoms with Gasteiger partial charge in [-0.05, 0) is 6.92 Å². The van der Waals surface area contributed by atoms with Crippen LogP contribution in [-0.2, 0) is 16.3 Å². The van der Waals surface area contributed by atoms with Gasteiger partial charge in [-0.2, -0.15) is 26.3 Å². The quantitative estimate of drug-likeness (QED) is 0.689. The van der Waals surface area contributed by atoms with Gasteiger partial charge in [0.05, 0.1) is 12.4 Å². The van der Waals surface area contributed by atoms with Gasteiger partial charge >= 0.3 is 6.18 Å². The molecule has 0 aliphatic heterocycles. The van der Waals surface area contributed by atoms with Crippen LogP contribution in [0.5, 0.6) is 0 Å². The zero-order chi connectivity index (χ0) is 19.1. The van der Waals surface area contributed by atoms with E-state index in [2.05, 4.69) is 20.1 Å². The summed E-state index contributed by atoms with van der Waals surface area (Å²) >= 11 is 0. The van der Waals surface area contributed by atoms with Gasteiger partial charge in [0, 0.05) is 5.56 Å². The smallest absolute Gasteiger partial charge is 0.282 e. The van der Waals surface area contributed by atoms with Crippen LogP contribution in [0.1, 0.15) is 11.4 Å². The van der Waals surface area contributed by atoms with Crippen LogP contribution in [-0.4, -0.2) is 37.7 Å². The molecule has 0 aliphatic carbocycles. The summed E-state index contributed by atoms with van der Waals surface area (Å²) < 4.78 is 70.8. The molecule has 3 rings (SSSR count). The largest absolute Gasteiger partial charge is 0.453 e. The van der Waals surface area contributed by atoms with E-state index >= 15 is 0 Å². The molecule has 0 atom stereocenters. The number of aryl methyl sites for hydroxylation is 1. The molecule has 0 bridgehead atoms. The van der Waals surface area contributed by atoms with Crippen molar-refractivity contribution in [3.05, 3.63) is 48.0 Å². The standard InChI is InChI=1S/C14H10F3N5O3S/c1-8-2-4-9(5-3-8)11-20-12(14(15,16)17)21-22(11)13-18-6-10(7-19-13)26(23,24)25/h2-7H,1H3,(H,23,24,25). The predicted molar refractivity (Wildman–Crippen MR) is 81.9 cm³/mol. The summed E-state index contributed by atoms with van der Waals surface area (Å²) in [5.74, 6) is -1.90. The summed E-state index contributed by atoms with van der Waals surface area (Å²) in [6.45, 7) is 1.81. The van der Waals surface area contributed by atoms with Gasteiger partial charge < -0.3 is 0 Å². The molecule has 0 saturated heterocycles. The fraction of sp³-hybridized carbons (Fsp3) is 0.143. The van der Waals surface area contributed by atoms with E-state index in [1.165, 1.54) is 0 Å². The number of halogens is 3. The minimum atomic E-state index is -4.79. The van der Waals surface area contributed by atoms with Crippen LogP contribution < -0.4 is 0 Å². The van der Waals surface area contributed by atoms with Gasteiger partial charge in [0.15, 0.2) is 5.82 Å². The van der Waals surface area contributed by atoms with Crippen molar-refractivity contribution in [2.24, 2.45) is 0 Å². The maximum Gasteiger partial charge on any atom is 0.453 e. The molecule has 136 valence electrons. The van der Waals surface area contributed by atoms with Crippen molar-refractivity contribution in [2.75, 3.05) is 0 Å². The van der Waals surface area contributed by atoms with Crippen LogP contribution in [0.15, 0.2) is 41.6 Å². The van der Waals surface area contributed by atoms with Crippen molar-refractivity contribution in [1.29, 1.82) is 0 Å². The molecule has 0 spiro atoms. The van der Waals surface area contributed by atoms with E-state index in [0.29, 0.717) is 5.56 Å². The maximum absolute atomic E-state index is 13.0. The molecule has 0 unspecified atom stereocenters. The van der Waals surface area contributed by atoms with E-state index in [9.17, 15) is 21.6 Å². The molecule has 2 aromatic heterocycles. The monoisotopic (exact) mass is 385 g/mol. The molecular weight excluding hydrogens is 375 g/mol. The first kappa shape index (κ1) is 17.9. The highest BCUT2D eigenvalue weighted by Crippen LogP contribution is 2.29. The third kappa shape index (κ3) is 3.55. The van der Waals surface area contributed by atoms with Crippen molar-refractivity contribution >= 4 is 10.1 Å². The maximum atomic E-state index is 13.0. The summed E-state index contributed by atoms with van der Waals surface area (Å²) in [5.41, 5.74) is 1.23. The van der Waals surface area contributed by atoms with Gasteiger partial charge in [0.2, 0.25) is 0 Å².